The third-order valence-corrected chi connectivity index (χ3v) is 3.90. The second-order valence-corrected chi connectivity index (χ2v) is 5.90. The van der Waals surface area contributed by atoms with Crippen LogP contribution in [0, 0.1) is 9.49 Å². The first-order valence-electron chi connectivity index (χ1n) is 6.24. The Hall–Kier alpha value is -0.130. The molecular formula is C14H19IO2. The Balaban J connectivity index is 1.94. The van der Waals surface area contributed by atoms with Crippen molar-refractivity contribution in [2.75, 3.05) is 6.61 Å². The Bertz CT molecular complexity index is 346. The molecule has 0 bridgehead atoms. The molecule has 2 rings (SSSR count). The van der Waals surface area contributed by atoms with Crippen molar-refractivity contribution in [2.45, 2.75) is 38.4 Å². The van der Waals surface area contributed by atoms with Gasteiger partial charge in [0.05, 0.1) is 12.2 Å². The minimum atomic E-state index is -0.373. The molecule has 1 saturated carbocycles. The summed E-state index contributed by atoms with van der Waals surface area (Å²) in [6.07, 6.45) is 2.75. The fraction of sp³-hybridized carbons (Fsp3) is 0.571. The maximum atomic E-state index is 10.2. The maximum Gasteiger partial charge on any atom is 0.0865 e. The highest BCUT2D eigenvalue weighted by molar-refractivity contribution is 14.1. The normalized spacial score (nSPS) is 19.0. The van der Waals surface area contributed by atoms with Gasteiger partial charge in [0.15, 0.2) is 0 Å². The first-order valence-corrected chi connectivity index (χ1v) is 7.32. The fourth-order valence-corrected chi connectivity index (χ4v) is 2.52. The lowest BCUT2D eigenvalue weighted by atomic mass is 10.0. The average molecular weight is 346 g/mol. The summed E-state index contributed by atoms with van der Waals surface area (Å²) in [6.45, 7) is 2.68. The van der Waals surface area contributed by atoms with Crippen LogP contribution in [0.25, 0.3) is 0 Å². The molecule has 1 aromatic rings. The molecule has 2 unspecified atom stereocenters. The zero-order valence-electron chi connectivity index (χ0n) is 10.1. The van der Waals surface area contributed by atoms with Crippen molar-refractivity contribution in [3.05, 3.63) is 33.4 Å². The summed E-state index contributed by atoms with van der Waals surface area (Å²) in [5.41, 5.74) is 1.18. The van der Waals surface area contributed by atoms with Crippen molar-refractivity contribution >= 4 is 22.6 Å². The fourth-order valence-electron chi connectivity index (χ4n) is 2.16. The quantitative estimate of drug-likeness (QED) is 0.803. The largest absolute Gasteiger partial charge is 0.390 e. The number of aliphatic hydroxyl groups excluding tert-OH is 1. The summed E-state index contributed by atoms with van der Waals surface area (Å²) >= 11 is 2.29. The van der Waals surface area contributed by atoms with E-state index in [0.717, 1.165) is 0 Å². The molecular weight excluding hydrogens is 327 g/mol. The van der Waals surface area contributed by atoms with Crippen LogP contribution in [0.3, 0.4) is 0 Å². The van der Waals surface area contributed by atoms with Gasteiger partial charge in [0.25, 0.3) is 0 Å². The SMILES string of the molecule is CCOC(C(O)Cc1ccc(I)cc1)C1CC1. The van der Waals surface area contributed by atoms with E-state index in [4.69, 9.17) is 4.74 Å². The zero-order chi connectivity index (χ0) is 12.3. The second kappa shape index (κ2) is 6.16. The van der Waals surface area contributed by atoms with Gasteiger partial charge in [-0.1, -0.05) is 12.1 Å². The van der Waals surface area contributed by atoms with Crippen LogP contribution in [-0.4, -0.2) is 23.9 Å². The first-order chi connectivity index (χ1) is 8.20. The summed E-state index contributed by atoms with van der Waals surface area (Å²) in [5.74, 6) is 0.578. The number of rotatable bonds is 6. The highest BCUT2D eigenvalue weighted by atomic mass is 127. The van der Waals surface area contributed by atoms with Gasteiger partial charge in [0, 0.05) is 16.6 Å². The number of hydrogen-bond donors (Lipinski definition) is 1. The van der Waals surface area contributed by atoms with E-state index >= 15 is 0 Å². The van der Waals surface area contributed by atoms with Crippen LogP contribution < -0.4 is 0 Å². The van der Waals surface area contributed by atoms with Gasteiger partial charge in [0.2, 0.25) is 0 Å². The van der Waals surface area contributed by atoms with E-state index in [0.29, 0.717) is 18.9 Å². The highest BCUT2D eigenvalue weighted by Crippen LogP contribution is 2.36. The predicted molar refractivity (Wildman–Crippen MR) is 77.0 cm³/mol. The van der Waals surface area contributed by atoms with E-state index in [1.165, 1.54) is 22.0 Å². The van der Waals surface area contributed by atoms with Crippen molar-refractivity contribution < 1.29 is 9.84 Å². The van der Waals surface area contributed by atoms with E-state index in [-0.39, 0.29) is 12.2 Å². The molecule has 2 nitrogen and oxygen atoms in total. The standard InChI is InChI=1S/C14H19IO2/c1-2-17-14(11-5-6-11)13(16)9-10-3-7-12(15)8-4-10/h3-4,7-8,11,13-14,16H,2,5-6,9H2,1H3. The monoisotopic (exact) mass is 346 g/mol. The Morgan fingerprint density at radius 3 is 2.53 bits per heavy atom. The molecule has 0 saturated heterocycles. The molecule has 94 valence electrons. The van der Waals surface area contributed by atoms with Gasteiger partial charge in [-0.05, 0) is 66.0 Å². The summed E-state index contributed by atoms with van der Waals surface area (Å²) in [6, 6.07) is 8.33. The third-order valence-electron chi connectivity index (χ3n) is 3.18. The van der Waals surface area contributed by atoms with Crippen molar-refractivity contribution in [2.24, 2.45) is 5.92 Å². The minimum Gasteiger partial charge on any atom is -0.390 e. The average Bonchev–Trinajstić information content (AvgIpc) is 3.13. The van der Waals surface area contributed by atoms with E-state index in [9.17, 15) is 5.11 Å². The molecule has 2 atom stereocenters. The number of benzene rings is 1. The van der Waals surface area contributed by atoms with E-state index in [1.54, 1.807) is 0 Å². The highest BCUT2D eigenvalue weighted by Gasteiger charge is 2.36. The number of hydrogen-bond acceptors (Lipinski definition) is 2. The molecule has 1 fully saturated rings. The lowest BCUT2D eigenvalue weighted by Crippen LogP contribution is -2.32. The number of ether oxygens (including phenoxy) is 1. The van der Waals surface area contributed by atoms with Crippen molar-refractivity contribution in [3.8, 4) is 0 Å². The van der Waals surface area contributed by atoms with E-state index in [2.05, 4.69) is 46.9 Å². The molecule has 0 aromatic heterocycles. The predicted octanol–water partition coefficient (Wildman–Crippen LogP) is 3.01. The van der Waals surface area contributed by atoms with Gasteiger partial charge in [0.1, 0.15) is 0 Å². The van der Waals surface area contributed by atoms with Crippen molar-refractivity contribution in [3.63, 3.8) is 0 Å². The molecule has 3 heteroatoms. The molecule has 1 N–H and O–H groups in total. The number of aliphatic hydroxyl groups is 1. The van der Waals surface area contributed by atoms with Gasteiger partial charge in [-0.3, -0.25) is 0 Å². The Morgan fingerprint density at radius 1 is 1.35 bits per heavy atom. The Labute approximate surface area is 117 Å². The van der Waals surface area contributed by atoms with Crippen LogP contribution >= 0.6 is 22.6 Å². The Morgan fingerprint density at radius 2 is 2.00 bits per heavy atom. The van der Waals surface area contributed by atoms with Crippen LogP contribution in [0.1, 0.15) is 25.3 Å². The summed E-state index contributed by atoms with van der Waals surface area (Å²) in [4.78, 5) is 0. The lowest BCUT2D eigenvalue weighted by molar-refractivity contribution is -0.0439. The van der Waals surface area contributed by atoms with Crippen molar-refractivity contribution in [1.82, 2.24) is 0 Å². The summed E-state index contributed by atoms with van der Waals surface area (Å²) < 4.78 is 6.90. The number of halogens is 1. The maximum absolute atomic E-state index is 10.2. The minimum absolute atomic E-state index is 0.0271. The van der Waals surface area contributed by atoms with Crippen molar-refractivity contribution in [1.29, 1.82) is 0 Å². The lowest BCUT2D eigenvalue weighted by Gasteiger charge is -2.22. The van der Waals surface area contributed by atoms with Gasteiger partial charge in [-0.15, -0.1) is 0 Å². The van der Waals surface area contributed by atoms with E-state index < -0.39 is 0 Å². The second-order valence-electron chi connectivity index (χ2n) is 4.66. The van der Waals surface area contributed by atoms with Crippen LogP contribution in [-0.2, 0) is 11.2 Å². The molecule has 0 radical (unpaired) electrons. The molecule has 1 aromatic carbocycles. The van der Waals surface area contributed by atoms with Gasteiger partial charge in [-0.25, -0.2) is 0 Å². The van der Waals surface area contributed by atoms with Crippen LogP contribution in [0.5, 0.6) is 0 Å². The summed E-state index contributed by atoms with van der Waals surface area (Å²) in [5, 5.41) is 10.2. The third kappa shape index (κ3) is 3.93. The molecule has 0 heterocycles. The van der Waals surface area contributed by atoms with Crippen LogP contribution in [0.4, 0.5) is 0 Å². The van der Waals surface area contributed by atoms with Gasteiger partial charge >= 0.3 is 0 Å². The Kier molecular flexibility index (Phi) is 4.82. The van der Waals surface area contributed by atoms with Gasteiger partial charge < -0.3 is 9.84 Å². The molecule has 17 heavy (non-hydrogen) atoms. The molecule has 0 aliphatic heterocycles. The molecule has 0 amide bonds. The zero-order valence-corrected chi connectivity index (χ0v) is 12.3. The van der Waals surface area contributed by atoms with E-state index in [1.807, 2.05) is 6.92 Å². The topological polar surface area (TPSA) is 29.5 Å². The van der Waals surface area contributed by atoms with Crippen LogP contribution in [0.2, 0.25) is 0 Å². The van der Waals surface area contributed by atoms with Crippen LogP contribution in [0.15, 0.2) is 24.3 Å². The molecule has 1 aliphatic rings. The molecule has 1 aliphatic carbocycles. The molecule has 0 spiro atoms. The summed E-state index contributed by atoms with van der Waals surface area (Å²) in [7, 11) is 0. The smallest absolute Gasteiger partial charge is 0.0865 e. The van der Waals surface area contributed by atoms with Gasteiger partial charge in [-0.2, -0.15) is 0 Å². The first kappa shape index (κ1) is 13.3.